The van der Waals surface area contributed by atoms with E-state index in [9.17, 15) is 0 Å². The van der Waals surface area contributed by atoms with Crippen LogP contribution in [0.2, 0.25) is 5.15 Å². The van der Waals surface area contributed by atoms with E-state index in [0.29, 0.717) is 6.04 Å². The monoisotopic (exact) mass is 257 g/mol. The van der Waals surface area contributed by atoms with Crippen LogP contribution < -0.4 is 5.32 Å². The number of halogens is 1. The van der Waals surface area contributed by atoms with E-state index in [1.54, 1.807) is 4.68 Å². The summed E-state index contributed by atoms with van der Waals surface area (Å²) in [6, 6.07) is 0.484. The number of aromatic nitrogens is 2. The highest BCUT2D eigenvalue weighted by Gasteiger charge is 2.16. The third-order valence-electron chi connectivity index (χ3n) is 3.22. The minimum atomic E-state index is 0.484. The maximum Gasteiger partial charge on any atom is 0.130 e. The average Bonchev–Trinajstić information content (AvgIpc) is 2.49. The van der Waals surface area contributed by atoms with Crippen molar-refractivity contribution in [2.45, 2.75) is 46.1 Å². The SMILES string of the molecule is CNC(CCC(C)C)Cc1c(C)nn(C)c1Cl. The van der Waals surface area contributed by atoms with Crippen LogP contribution in [-0.4, -0.2) is 22.9 Å². The Morgan fingerprint density at radius 3 is 2.41 bits per heavy atom. The molecule has 0 aliphatic carbocycles. The number of aryl methyl sites for hydroxylation is 2. The topological polar surface area (TPSA) is 29.9 Å². The quantitative estimate of drug-likeness (QED) is 0.849. The van der Waals surface area contributed by atoms with Gasteiger partial charge in [0.2, 0.25) is 0 Å². The van der Waals surface area contributed by atoms with Crippen molar-refractivity contribution >= 4 is 11.6 Å². The second-order valence-corrected chi connectivity index (χ2v) is 5.50. The summed E-state index contributed by atoms with van der Waals surface area (Å²) in [7, 11) is 3.91. The van der Waals surface area contributed by atoms with E-state index in [1.165, 1.54) is 18.4 Å². The Bertz CT molecular complexity index is 358. The van der Waals surface area contributed by atoms with Crippen LogP contribution in [0.1, 0.15) is 37.9 Å². The molecule has 0 spiro atoms. The first-order valence-electron chi connectivity index (χ1n) is 6.31. The highest BCUT2D eigenvalue weighted by molar-refractivity contribution is 6.30. The van der Waals surface area contributed by atoms with E-state index in [0.717, 1.165) is 23.2 Å². The molecule has 3 nitrogen and oxygen atoms in total. The first-order chi connectivity index (χ1) is 7.95. The zero-order chi connectivity index (χ0) is 13.0. The maximum absolute atomic E-state index is 6.25. The van der Waals surface area contributed by atoms with Gasteiger partial charge in [-0.2, -0.15) is 5.10 Å². The van der Waals surface area contributed by atoms with Crippen molar-refractivity contribution in [2.75, 3.05) is 7.05 Å². The molecule has 0 aliphatic rings. The summed E-state index contributed by atoms with van der Waals surface area (Å²) in [4.78, 5) is 0. The molecule has 0 aromatic carbocycles. The lowest BCUT2D eigenvalue weighted by Gasteiger charge is -2.17. The molecular formula is C13H24ClN3. The fourth-order valence-corrected chi connectivity index (χ4v) is 2.29. The molecule has 1 aromatic rings. The first kappa shape index (κ1) is 14.5. The molecule has 17 heavy (non-hydrogen) atoms. The van der Waals surface area contributed by atoms with Gasteiger partial charge in [0.25, 0.3) is 0 Å². The lowest BCUT2D eigenvalue weighted by atomic mass is 9.98. The van der Waals surface area contributed by atoms with Gasteiger partial charge < -0.3 is 5.32 Å². The number of rotatable bonds is 6. The van der Waals surface area contributed by atoms with Gasteiger partial charge in [-0.15, -0.1) is 0 Å². The van der Waals surface area contributed by atoms with Gasteiger partial charge >= 0.3 is 0 Å². The van der Waals surface area contributed by atoms with Gasteiger partial charge in [0.1, 0.15) is 5.15 Å². The van der Waals surface area contributed by atoms with Gasteiger partial charge in [0.15, 0.2) is 0 Å². The van der Waals surface area contributed by atoms with E-state index in [1.807, 2.05) is 21.0 Å². The number of nitrogens with one attached hydrogen (secondary N) is 1. The second kappa shape index (κ2) is 6.41. The Kier molecular flexibility index (Phi) is 5.47. The predicted molar refractivity (Wildman–Crippen MR) is 73.6 cm³/mol. The Hall–Kier alpha value is -0.540. The molecule has 1 aromatic heterocycles. The lowest BCUT2D eigenvalue weighted by Crippen LogP contribution is -2.28. The van der Waals surface area contributed by atoms with E-state index >= 15 is 0 Å². The predicted octanol–water partition coefficient (Wildman–Crippen LogP) is 2.95. The normalized spacial score (nSPS) is 13.4. The van der Waals surface area contributed by atoms with Gasteiger partial charge in [-0.3, -0.25) is 4.68 Å². The standard InChI is InChI=1S/C13H24ClN3/c1-9(2)6-7-11(15-4)8-12-10(3)16-17(5)13(12)14/h9,11,15H,6-8H2,1-5H3. The van der Waals surface area contributed by atoms with Crippen LogP contribution in [0.5, 0.6) is 0 Å². The molecule has 0 bridgehead atoms. The van der Waals surface area contributed by atoms with Crippen LogP contribution in [0.25, 0.3) is 0 Å². The smallest absolute Gasteiger partial charge is 0.130 e. The van der Waals surface area contributed by atoms with Crippen LogP contribution >= 0.6 is 11.6 Å². The molecule has 0 amide bonds. The summed E-state index contributed by atoms with van der Waals surface area (Å²) in [6.07, 6.45) is 3.38. The molecule has 0 radical (unpaired) electrons. The summed E-state index contributed by atoms with van der Waals surface area (Å²) in [5.41, 5.74) is 2.22. The van der Waals surface area contributed by atoms with Gasteiger partial charge in [-0.05, 0) is 39.2 Å². The van der Waals surface area contributed by atoms with Crippen molar-refractivity contribution in [3.8, 4) is 0 Å². The van der Waals surface area contributed by atoms with E-state index in [4.69, 9.17) is 11.6 Å². The zero-order valence-corrected chi connectivity index (χ0v) is 12.3. The lowest BCUT2D eigenvalue weighted by molar-refractivity contribution is 0.450. The Labute approximate surface area is 110 Å². The highest BCUT2D eigenvalue weighted by atomic mass is 35.5. The van der Waals surface area contributed by atoms with Crippen molar-refractivity contribution in [1.82, 2.24) is 15.1 Å². The maximum atomic E-state index is 6.25. The zero-order valence-electron chi connectivity index (χ0n) is 11.5. The largest absolute Gasteiger partial charge is 0.317 e. The van der Waals surface area contributed by atoms with Crippen molar-refractivity contribution in [3.05, 3.63) is 16.4 Å². The second-order valence-electron chi connectivity index (χ2n) is 5.14. The molecule has 4 heteroatoms. The number of hydrogen-bond acceptors (Lipinski definition) is 2. The minimum Gasteiger partial charge on any atom is -0.317 e. The Morgan fingerprint density at radius 1 is 1.35 bits per heavy atom. The first-order valence-corrected chi connectivity index (χ1v) is 6.68. The fourth-order valence-electron chi connectivity index (χ4n) is 2.04. The van der Waals surface area contributed by atoms with Crippen LogP contribution in [-0.2, 0) is 13.5 Å². The van der Waals surface area contributed by atoms with Crippen LogP contribution in [0.3, 0.4) is 0 Å². The molecule has 0 saturated heterocycles. The summed E-state index contributed by atoms with van der Waals surface area (Å²) >= 11 is 6.25. The van der Waals surface area contributed by atoms with Crippen molar-refractivity contribution in [3.63, 3.8) is 0 Å². The number of hydrogen-bond donors (Lipinski definition) is 1. The molecule has 0 saturated carbocycles. The van der Waals surface area contributed by atoms with E-state index in [2.05, 4.69) is 24.3 Å². The third-order valence-corrected chi connectivity index (χ3v) is 3.69. The Balaban J connectivity index is 2.67. The van der Waals surface area contributed by atoms with Crippen LogP contribution in [0.4, 0.5) is 0 Å². The van der Waals surface area contributed by atoms with Gasteiger partial charge in [-0.1, -0.05) is 25.4 Å². The van der Waals surface area contributed by atoms with E-state index in [-0.39, 0.29) is 0 Å². The molecule has 1 rings (SSSR count). The molecule has 1 heterocycles. The molecular weight excluding hydrogens is 234 g/mol. The average molecular weight is 258 g/mol. The number of likely N-dealkylation sites (N-methyl/N-ethyl adjacent to an activating group) is 1. The summed E-state index contributed by atoms with van der Waals surface area (Å²) in [5.74, 6) is 0.747. The minimum absolute atomic E-state index is 0.484. The van der Waals surface area contributed by atoms with Gasteiger partial charge in [0.05, 0.1) is 5.69 Å². The van der Waals surface area contributed by atoms with Gasteiger partial charge in [0, 0.05) is 18.7 Å². The van der Waals surface area contributed by atoms with Crippen molar-refractivity contribution in [2.24, 2.45) is 13.0 Å². The highest BCUT2D eigenvalue weighted by Crippen LogP contribution is 2.21. The summed E-state index contributed by atoms with van der Waals surface area (Å²) in [6.45, 7) is 6.54. The molecule has 1 atom stereocenters. The van der Waals surface area contributed by atoms with Crippen molar-refractivity contribution < 1.29 is 0 Å². The molecule has 1 N–H and O–H groups in total. The summed E-state index contributed by atoms with van der Waals surface area (Å²) in [5, 5.41) is 8.49. The van der Waals surface area contributed by atoms with Crippen LogP contribution in [0.15, 0.2) is 0 Å². The molecule has 0 fully saturated rings. The molecule has 1 unspecified atom stereocenters. The van der Waals surface area contributed by atoms with Crippen molar-refractivity contribution in [1.29, 1.82) is 0 Å². The van der Waals surface area contributed by atoms with Crippen LogP contribution in [0, 0.1) is 12.8 Å². The van der Waals surface area contributed by atoms with E-state index < -0.39 is 0 Å². The number of nitrogens with zero attached hydrogens (tertiary/aromatic N) is 2. The molecule has 0 aliphatic heterocycles. The summed E-state index contributed by atoms with van der Waals surface area (Å²) < 4.78 is 1.75. The van der Waals surface area contributed by atoms with Gasteiger partial charge in [-0.25, -0.2) is 0 Å². The third kappa shape index (κ3) is 4.00. The Morgan fingerprint density at radius 2 is 2.00 bits per heavy atom. The fraction of sp³-hybridized carbons (Fsp3) is 0.769. The molecule has 98 valence electrons.